The van der Waals surface area contributed by atoms with Crippen LogP contribution in [0.1, 0.15) is 16.5 Å². The van der Waals surface area contributed by atoms with Crippen molar-refractivity contribution < 1.29 is 0 Å². The van der Waals surface area contributed by atoms with Crippen molar-refractivity contribution in [3.05, 3.63) is 64.8 Å². The highest BCUT2D eigenvalue weighted by molar-refractivity contribution is 7.09. The average Bonchev–Trinajstić information content (AvgIpc) is 3.44. The highest BCUT2D eigenvalue weighted by Crippen LogP contribution is 2.22. The largest absolute Gasteiger partial charge is 0.309 e. The summed E-state index contributed by atoms with van der Waals surface area (Å²) in [6, 6.07) is 7.71. The Kier molecular flexibility index (Phi) is 4.24. The predicted octanol–water partition coefficient (Wildman–Crippen LogP) is 3.02. The third-order valence-corrected chi connectivity index (χ3v) is 5.44. The number of fused-ring (bicyclic) bond motifs is 1. The summed E-state index contributed by atoms with van der Waals surface area (Å²) >= 11 is 1.64. The summed E-state index contributed by atoms with van der Waals surface area (Å²) in [4.78, 5) is 13.4. The molecule has 0 fully saturated rings. The van der Waals surface area contributed by atoms with Gasteiger partial charge in [-0.3, -0.25) is 9.08 Å². The van der Waals surface area contributed by atoms with Gasteiger partial charge < -0.3 is 5.32 Å². The standard InChI is InChI=1S/C19H17N9S/c1-12-11-29-18(22-12)10-17-26-25-16-9-13(5-8-28(16)17)14-3-6-20-19(23-14)24-15-4-7-21-27(15)2/h3-9,11H,10H2,1-2H3,(H,20,23,24). The van der Waals surface area contributed by atoms with Gasteiger partial charge in [0.05, 0.1) is 18.3 Å². The number of pyridine rings is 1. The molecule has 0 spiro atoms. The van der Waals surface area contributed by atoms with Gasteiger partial charge in [-0.05, 0) is 25.1 Å². The van der Waals surface area contributed by atoms with Crippen LogP contribution in [-0.2, 0) is 13.5 Å². The molecule has 0 unspecified atom stereocenters. The van der Waals surface area contributed by atoms with E-state index in [1.807, 2.05) is 54.2 Å². The van der Waals surface area contributed by atoms with Crippen LogP contribution in [0, 0.1) is 6.92 Å². The Morgan fingerprint density at radius 3 is 2.83 bits per heavy atom. The van der Waals surface area contributed by atoms with Crippen molar-refractivity contribution in [1.82, 2.24) is 39.3 Å². The van der Waals surface area contributed by atoms with Crippen LogP contribution in [0.15, 0.2) is 48.2 Å². The smallest absolute Gasteiger partial charge is 0.228 e. The average molecular weight is 403 g/mol. The molecule has 5 rings (SSSR count). The minimum Gasteiger partial charge on any atom is -0.309 e. The van der Waals surface area contributed by atoms with Crippen molar-refractivity contribution in [1.29, 1.82) is 0 Å². The predicted molar refractivity (Wildman–Crippen MR) is 110 cm³/mol. The number of hydrogen-bond donors (Lipinski definition) is 1. The number of thiazole rings is 1. The first-order valence-electron chi connectivity index (χ1n) is 8.99. The van der Waals surface area contributed by atoms with E-state index < -0.39 is 0 Å². The third kappa shape index (κ3) is 3.45. The number of nitrogens with one attached hydrogen (secondary N) is 1. The molecule has 0 amide bonds. The van der Waals surface area contributed by atoms with Gasteiger partial charge in [-0.2, -0.15) is 5.10 Å². The van der Waals surface area contributed by atoms with Gasteiger partial charge in [-0.1, -0.05) is 0 Å². The summed E-state index contributed by atoms with van der Waals surface area (Å²) in [5.74, 6) is 2.19. The zero-order valence-electron chi connectivity index (χ0n) is 15.8. The lowest BCUT2D eigenvalue weighted by Gasteiger charge is -2.07. The van der Waals surface area contributed by atoms with Gasteiger partial charge in [-0.15, -0.1) is 21.5 Å². The van der Waals surface area contributed by atoms with Crippen LogP contribution in [0.3, 0.4) is 0 Å². The Hall–Kier alpha value is -3.66. The minimum atomic E-state index is 0.507. The monoisotopic (exact) mass is 403 g/mol. The van der Waals surface area contributed by atoms with Crippen LogP contribution in [0.25, 0.3) is 16.9 Å². The summed E-state index contributed by atoms with van der Waals surface area (Å²) in [6.45, 7) is 1.99. The summed E-state index contributed by atoms with van der Waals surface area (Å²) in [5.41, 5.74) is 3.54. The second-order valence-electron chi connectivity index (χ2n) is 6.55. The Morgan fingerprint density at radius 1 is 1.10 bits per heavy atom. The van der Waals surface area contributed by atoms with Crippen LogP contribution in [-0.4, -0.2) is 39.3 Å². The lowest BCUT2D eigenvalue weighted by molar-refractivity contribution is 0.775. The topological polar surface area (TPSA) is 98.7 Å². The van der Waals surface area contributed by atoms with Crippen molar-refractivity contribution >= 4 is 28.8 Å². The molecule has 5 heterocycles. The molecular weight excluding hydrogens is 386 g/mol. The number of anilines is 2. The number of nitrogens with zero attached hydrogens (tertiary/aromatic N) is 8. The fraction of sp³-hybridized carbons (Fsp3) is 0.158. The van der Waals surface area contributed by atoms with Gasteiger partial charge in [0.1, 0.15) is 16.6 Å². The van der Waals surface area contributed by atoms with Crippen LogP contribution < -0.4 is 5.32 Å². The summed E-state index contributed by atoms with van der Waals surface area (Å²) in [5, 5.41) is 19.0. The maximum Gasteiger partial charge on any atom is 0.228 e. The van der Waals surface area contributed by atoms with E-state index in [1.54, 1.807) is 28.4 Å². The number of hydrogen-bond acceptors (Lipinski definition) is 8. The first-order valence-corrected chi connectivity index (χ1v) is 9.87. The van der Waals surface area contributed by atoms with Crippen LogP contribution >= 0.6 is 11.3 Å². The molecule has 10 heteroatoms. The van der Waals surface area contributed by atoms with Gasteiger partial charge in [0.15, 0.2) is 5.65 Å². The van der Waals surface area contributed by atoms with E-state index in [-0.39, 0.29) is 0 Å². The molecule has 0 radical (unpaired) electrons. The number of aryl methyl sites for hydroxylation is 2. The van der Waals surface area contributed by atoms with E-state index in [4.69, 9.17) is 0 Å². The van der Waals surface area contributed by atoms with E-state index in [0.29, 0.717) is 12.4 Å². The SMILES string of the molecule is Cc1csc(Cc2nnc3cc(-c4ccnc(Nc5ccnn5C)n4)ccn23)n1. The fourth-order valence-corrected chi connectivity index (χ4v) is 3.80. The molecule has 0 aliphatic carbocycles. The van der Waals surface area contributed by atoms with E-state index >= 15 is 0 Å². The first kappa shape index (κ1) is 17.4. The Morgan fingerprint density at radius 2 is 2.03 bits per heavy atom. The number of aromatic nitrogens is 8. The molecular formula is C19H17N9S. The van der Waals surface area contributed by atoms with E-state index in [1.165, 1.54) is 0 Å². The fourth-order valence-electron chi connectivity index (χ4n) is 3.03. The lowest BCUT2D eigenvalue weighted by atomic mass is 10.2. The number of rotatable bonds is 5. The van der Waals surface area contributed by atoms with Gasteiger partial charge in [0.25, 0.3) is 0 Å². The molecule has 5 aromatic rings. The first-order chi connectivity index (χ1) is 14.2. The molecule has 29 heavy (non-hydrogen) atoms. The maximum atomic E-state index is 4.61. The molecule has 0 aliphatic heterocycles. The molecule has 5 aromatic heterocycles. The highest BCUT2D eigenvalue weighted by atomic mass is 32.1. The van der Waals surface area contributed by atoms with Gasteiger partial charge in [0, 0.05) is 42.1 Å². The van der Waals surface area contributed by atoms with Gasteiger partial charge in [0.2, 0.25) is 5.95 Å². The van der Waals surface area contributed by atoms with Crippen molar-refractivity contribution in [2.75, 3.05) is 5.32 Å². The zero-order chi connectivity index (χ0) is 19.8. The minimum absolute atomic E-state index is 0.507. The summed E-state index contributed by atoms with van der Waals surface area (Å²) in [6.07, 6.45) is 6.07. The Balaban J connectivity index is 1.43. The Bertz CT molecular complexity index is 1300. The second kappa shape index (κ2) is 7.06. The zero-order valence-corrected chi connectivity index (χ0v) is 16.6. The van der Waals surface area contributed by atoms with Crippen LogP contribution in [0.4, 0.5) is 11.8 Å². The molecule has 1 N–H and O–H groups in total. The van der Waals surface area contributed by atoms with E-state index in [2.05, 4.69) is 35.6 Å². The van der Waals surface area contributed by atoms with Gasteiger partial charge >= 0.3 is 0 Å². The van der Waals surface area contributed by atoms with Crippen molar-refractivity contribution in [2.24, 2.45) is 7.05 Å². The Labute approximate surface area is 170 Å². The highest BCUT2D eigenvalue weighted by Gasteiger charge is 2.11. The van der Waals surface area contributed by atoms with Crippen molar-refractivity contribution in [3.63, 3.8) is 0 Å². The van der Waals surface area contributed by atoms with Gasteiger partial charge in [-0.25, -0.2) is 15.0 Å². The van der Waals surface area contributed by atoms with Crippen LogP contribution in [0.2, 0.25) is 0 Å². The third-order valence-electron chi connectivity index (χ3n) is 4.47. The summed E-state index contributed by atoms with van der Waals surface area (Å²) < 4.78 is 3.71. The normalized spacial score (nSPS) is 11.2. The second-order valence-corrected chi connectivity index (χ2v) is 7.49. The molecule has 0 saturated heterocycles. The lowest BCUT2D eigenvalue weighted by Crippen LogP contribution is -2.03. The van der Waals surface area contributed by atoms with Crippen molar-refractivity contribution in [2.45, 2.75) is 13.3 Å². The van der Waals surface area contributed by atoms with Crippen molar-refractivity contribution in [3.8, 4) is 11.3 Å². The molecule has 9 nitrogen and oxygen atoms in total. The molecule has 0 aromatic carbocycles. The van der Waals surface area contributed by atoms with Crippen LogP contribution in [0.5, 0.6) is 0 Å². The molecule has 0 bridgehead atoms. The molecule has 0 aliphatic rings. The summed E-state index contributed by atoms with van der Waals surface area (Å²) in [7, 11) is 1.86. The van der Waals surface area contributed by atoms with E-state index in [9.17, 15) is 0 Å². The van der Waals surface area contributed by atoms with E-state index in [0.717, 1.165) is 39.2 Å². The maximum absolute atomic E-state index is 4.61. The quantitative estimate of drug-likeness (QED) is 0.481. The molecule has 0 saturated carbocycles. The molecule has 144 valence electrons. The molecule has 0 atom stereocenters.